The van der Waals surface area contributed by atoms with Crippen molar-refractivity contribution in [3.63, 3.8) is 0 Å². The van der Waals surface area contributed by atoms with Crippen molar-refractivity contribution in [2.45, 2.75) is 26.4 Å². The maximum atomic E-state index is 13.8. The summed E-state index contributed by atoms with van der Waals surface area (Å²) in [7, 11) is 0. The minimum atomic E-state index is -0.0479. The monoisotopic (exact) mass is 222 g/mol. The molecule has 1 aromatic rings. The zero-order valence-corrected chi connectivity index (χ0v) is 9.96. The van der Waals surface area contributed by atoms with Crippen LogP contribution in [0.2, 0.25) is 0 Å². The fraction of sp³-hybridized carbons (Fsp3) is 0.538. The molecule has 0 bridgehead atoms. The molecule has 0 aromatic heterocycles. The van der Waals surface area contributed by atoms with Crippen LogP contribution in [0.4, 0.5) is 4.39 Å². The van der Waals surface area contributed by atoms with Crippen LogP contribution in [0.15, 0.2) is 18.2 Å². The number of hydrogen-bond donors (Lipinski definition) is 1. The molecule has 1 heterocycles. The Balaban J connectivity index is 2.10. The van der Waals surface area contributed by atoms with Gasteiger partial charge in [0.2, 0.25) is 0 Å². The number of nitrogens with zero attached hydrogens (tertiary/aromatic N) is 1. The van der Waals surface area contributed by atoms with Gasteiger partial charge in [0.15, 0.2) is 0 Å². The van der Waals surface area contributed by atoms with Crippen LogP contribution < -0.4 is 5.32 Å². The third kappa shape index (κ3) is 2.42. The Hall–Kier alpha value is -0.930. The molecule has 0 aliphatic carbocycles. The lowest BCUT2D eigenvalue weighted by Gasteiger charge is -2.34. The Bertz CT molecular complexity index is 365. The van der Waals surface area contributed by atoms with Crippen molar-refractivity contribution in [3.8, 4) is 0 Å². The maximum Gasteiger partial charge on any atom is 0.130 e. The molecule has 0 radical (unpaired) electrons. The summed E-state index contributed by atoms with van der Waals surface area (Å²) in [5.74, 6) is -0.0479. The number of rotatable bonds is 2. The second-order valence-electron chi connectivity index (χ2n) is 4.57. The third-order valence-corrected chi connectivity index (χ3v) is 3.28. The highest BCUT2D eigenvalue weighted by atomic mass is 19.1. The van der Waals surface area contributed by atoms with Gasteiger partial charge in [0, 0.05) is 37.8 Å². The number of aryl methyl sites for hydroxylation is 1. The highest BCUT2D eigenvalue weighted by Gasteiger charge is 2.19. The molecule has 2 nitrogen and oxygen atoms in total. The summed E-state index contributed by atoms with van der Waals surface area (Å²) in [4.78, 5) is 2.33. The standard InChI is InChI=1S/C13H19FN2/c1-10-4-3-5-12(13(10)14)9-16-7-6-15-8-11(16)2/h3-5,11,15H,6-9H2,1-2H3. The SMILES string of the molecule is Cc1cccc(CN2CCNCC2C)c1F. The number of nitrogens with one attached hydrogen (secondary N) is 1. The number of benzene rings is 1. The summed E-state index contributed by atoms with van der Waals surface area (Å²) in [6, 6.07) is 6.12. The lowest BCUT2D eigenvalue weighted by Crippen LogP contribution is -2.49. The van der Waals surface area contributed by atoms with E-state index in [4.69, 9.17) is 0 Å². The van der Waals surface area contributed by atoms with Gasteiger partial charge in [-0.25, -0.2) is 4.39 Å². The highest BCUT2D eigenvalue weighted by Crippen LogP contribution is 2.16. The van der Waals surface area contributed by atoms with Crippen LogP contribution in [0.25, 0.3) is 0 Å². The van der Waals surface area contributed by atoms with Gasteiger partial charge in [0.25, 0.3) is 0 Å². The van der Waals surface area contributed by atoms with E-state index in [1.165, 1.54) is 0 Å². The van der Waals surface area contributed by atoms with Crippen molar-refractivity contribution in [2.75, 3.05) is 19.6 Å². The summed E-state index contributed by atoms with van der Waals surface area (Å²) in [5, 5.41) is 3.34. The highest BCUT2D eigenvalue weighted by molar-refractivity contribution is 5.24. The Labute approximate surface area is 96.5 Å². The van der Waals surface area contributed by atoms with Crippen LogP contribution in [0.1, 0.15) is 18.1 Å². The molecule has 16 heavy (non-hydrogen) atoms. The van der Waals surface area contributed by atoms with E-state index in [9.17, 15) is 4.39 Å². The Morgan fingerprint density at radius 1 is 1.50 bits per heavy atom. The van der Waals surface area contributed by atoms with Gasteiger partial charge in [-0.15, -0.1) is 0 Å². The molecule has 1 saturated heterocycles. The Kier molecular flexibility index (Phi) is 3.56. The Morgan fingerprint density at radius 3 is 3.06 bits per heavy atom. The minimum Gasteiger partial charge on any atom is -0.314 e. The zero-order valence-electron chi connectivity index (χ0n) is 9.96. The van der Waals surface area contributed by atoms with Gasteiger partial charge in [-0.05, 0) is 19.4 Å². The fourth-order valence-corrected chi connectivity index (χ4v) is 2.17. The third-order valence-electron chi connectivity index (χ3n) is 3.28. The van der Waals surface area contributed by atoms with Crippen molar-refractivity contribution < 1.29 is 4.39 Å². The minimum absolute atomic E-state index is 0.0479. The van der Waals surface area contributed by atoms with Crippen LogP contribution in [0.5, 0.6) is 0 Å². The number of piperazine rings is 1. The first kappa shape index (κ1) is 11.6. The van der Waals surface area contributed by atoms with E-state index < -0.39 is 0 Å². The molecule has 0 spiro atoms. The molecule has 1 aliphatic heterocycles. The van der Waals surface area contributed by atoms with Crippen LogP contribution in [-0.4, -0.2) is 30.6 Å². The van der Waals surface area contributed by atoms with E-state index in [2.05, 4.69) is 17.1 Å². The number of hydrogen-bond acceptors (Lipinski definition) is 2. The lowest BCUT2D eigenvalue weighted by atomic mass is 10.1. The van der Waals surface area contributed by atoms with Gasteiger partial charge in [0.05, 0.1) is 0 Å². The van der Waals surface area contributed by atoms with Crippen molar-refractivity contribution in [1.29, 1.82) is 0 Å². The molecule has 1 unspecified atom stereocenters. The van der Waals surface area contributed by atoms with Crippen molar-refractivity contribution in [2.24, 2.45) is 0 Å². The largest absolute Gasteiger partial charge is 0.314 e. The predicted molar refractivity (Wildman–Crippen MR) is 63.9 cm³/mol. The normalized spacial score (nSPS) is 22.3. The van der Waals surface area contributed by atoms with Crippen LogP contribution in [0, 0.1) is 12.7 Å². The quantitative estimate of drug-likeness (QED) is 0.822. The first-order chi connectivity index (χ1) is 7.68. The average molecular weight is 222 g/mol. The van der Waals surface area contributed by atoms with Gasteiger partial charge in [-0.3, -0.25) is 4.90 Å². The molecule has 1 atom stereocenters. The molecule has 88 valence electrons. The summed E-state index contributed by atoms with van der Waals surface area (Å²) < 4.78 is 13.8. The molecule has 0 amide bonds. The molecule has 1 aliphatic rings. The van der Waals surface area contributed by atoms with Gasteiger partial charge in [-0.1, -0.05) is 18.2 Å². The first-order valence-electron chi connectivity index (χ1n) is 5.87. The molecular weight excluding hydrogens is 203 g/mol. The summed E-state index contributed by atoms with van der Waals surface area (Å²) in [6.45, 7) is 7.70. The van der Waals surface area contributed by atoms with Gasteiger partial charge < -0.3 is 5.32 Å². The molecule has 1 aromatic carbocycles. The summed E-state index contributed by atoms with van der Waals surface area (Å²) >= 11 is 0. The predicted octanol–water partition coefficient (Wildman–Crippen LogP) is 1.93. The van der Waals surface area contributed by atoms with Crippen LogP contribution >= 0.6 is 0 Å². The van der Waals surface area contributed by atoms with E-state index in [-0.39, 0.29) is 5.82 Å². The second-order valence-corrected chi connectivity index (χ2v) is 4.57. The van der Waals surface area contributed by atoms with E-state index >= 15 is 0 Å². The van der Waals surface area contributed by atoms with Crippen molar-refractivity contribution >= 4 is 0 Å². The molecule has 2 rings (SSSR count). The first-order valence-corrected chi connectivity index (χ1v) is 5.87. The zero-order chi connectivity index (χ0) is 11.5. The van der Waals surface area contributed by atoms with E-state index in [1.807, 2.05) is 25.1 Å². The smallest absolute Gasteiger partial charge is 0.130 e. The van der Waals surface area contributed by atoms with Gasteiger partial charge >= 0.3 is 0 Å². The molecular formula is C13H19FN2. The topological polar surface area (TPSA) is 15.3 Å². The molecule has 1 fully saturated rings. The fourth-order valence-electron chi connectivity index (χ4n) is 2.17. The Morgan fingerprint density at radius 2 is 2.31 bits per heavy atom. The second kappa shape index (κ2) is 4.93. The maximum absolute atomic E-state index is 13.8. The van der Waals surface area contributed by atoms with Crippen LogP contribution in [-0.2, 0) is 6.54 Å². The van der Waals surface area contributed by atoms with E-state index in [0.717, 1.165) is 37.3 Å². The molecule has 3 heteroatoms. The van der Waals surface area contributed by atoms with E-state index in [1.54, 1.807) is 0 Å². The van der Waals surface area contributed by atoms with Gasteiger partial charge in [0.1, 0.15) is 5.82 Å². The lowest BCUT2D eigenvalue weighted by molar-refractivity contribution is 0.163. The number of halogens is 1. The van der Waals surface area contributed by atoms with Crippen molar-refractivity contribution in [3.05, 3.63) is 35.1 Å². The summed E-state index contributed by atoms with van der Waals surface area (Å²) in [5.41, 5.74) is 1.55. The van der Waals surface area contributed by atoms with E-state index in [0.29, 0.717) is 6.04 Å². The van der Waals surface area contributed by atoms with Gasteiger partial charge in [-0.2, -0.15) is 0 Å². The average Bonchev–Trinajstić information content (AvgIpc) is 2.28. The molecule has 1 N–H and O–H groups in total. The van der Waals surface area contributed by atoms with Crippen molar-refractivity contribution in [1.82, 2.24) is 10.2 Å². The van der Waals surface area contributed by atoms with Crippen LogP contribution in [0.3, 0.4) is 0 Å². The molecule has 0 saturated carbocycles. The summed E-state index contributed by atoms with van der Waals surface area (Å²) in [6.07, 6.45) is 0.